The number of hydrogen-bond acceptors (Lipinski definition) is 4. The molecule has 0 aromatic heterocycles. The Morgan fingerprint density at radius 2 is 2.08 bits per heavy atom. The largest absolute Gasteiger partial charge is 0.492 e. The second kappa shape index (κ2) is 7.79. The molecule has 1 aliphatic heterocycles. The van der Waals surface area contributed by atoms with Crippen LogP contribution in [0.3, 0.4) is 0 Å². The van der Waals surface area contributed by atoms with E-state index in [1.54, 1.807) is 18.2 Å². The van der Waals surface area contributed by atoms with E-state index in [4.69, 9.17) is 21.1 Å². The fourth-order valence-corrected chi connectivity index (χ4v) is 3.04. The van der Waals surface area contributed by atoms with Crippen molar-refractivity contribution in [3.63, 3.8) is 0 Å². The number of halogens is 1. The number of esters is 1. The van der Waals surface area contributed by atoms with Crippen molar-refractivity contribution in [3.05, 3.63) is 58.1 Å². The fraction of sp³-hybridized carbons (Fsp3) is 0.300. The molecule has 3 rings (SSSR count). The Bertz CT molecular complexity index is 850. The number of aryl methyl sites for hydroxylation is 1. The second-order valence-electron chi connectivity index (χ2n) is 6.37. The summed E-state index contributed by atoms with van der Waals surface area (Å²) in [6.07, 6.45) is 0.479. The number of benzene rings is 2. The molecule has 1 N–H and O–H groups in total. The molecule has 0 radical (unpaired) electrons. The minimum atomic E-state index is -0.452. The highest BCUT2D eigenvalue weighted by Crippen LogP contribution is 2.30. The maximum atomic E-state index is 12.3. The number of rotatable bonds is 4. The number of ether oxygens (including phenoxy) is 2. The van der Waals surface area contributed by atoms with E-state index in [1.165, 1.54) is 0 Å². The highest BCUT2D eigenvalue weighted by molar-refractivity contribution is 6.30. The Balaban J connectivity index is 1.54. The Morgan fingerprint density at radius 1 is 1.27 bits per heavy atom. The van der Waals surface area contributed by atoms with Gasteiger partial charge in [0.1, 0.15) is 12.4 Å². The molecule has 1 aliphatic rings. The number of anilines is 1. The molecule has 2 aromatic carbocycles. The normalized spacial score (nSPS) is 15.6. The summed E-state index contributed by atoms with van der Waals surface area (Å²) in [4.78, 5) is 24.3. The first-order chi connectivity index (χ1) is 12.4. The molecule has 0 saturated carbocycles. The number of fused-ring (bicyclic) bond motifs is 1. The number of carbonyl (C=O) groups is 2. The van der Waals surface area contributed by atoms with Crippen molar-refractivity contribution in [2.24, 2.45) is 5.92 Å². The van der Waals surface area contributed by atoms with Crippen LogP contribution in [0.15, 0.2) is 36.4 Å². The monoisotopic (exact) mass is 373 g/mol. The quantitative estimate of drug-likeness (QED) is 0.830. The predicted octanol–water partition coefficient (Wildman–Crippen LogP) is 3.69. The first kappa shape index (κ1) is 18.3. The Labute approximate surface area is 157 Å². The van der Waals surface area contributed by atoms with Gasteiger partial charge in [0.05, 0.1) is 5.92 Å². The van der Waals surface area contributed by atoms with E-state index in [2.05, 4.69) is 5.32 Å². The van der Waals surface area contributed by atoms with Crippen molar-refractivity contribution in [3.8, 4) is 5.75 Å². The molecule has 1 atom stereocenters. The van der Waals surface area contributed by atoms with Crippen LogP contribution in [0.4, 0.5) is 5.69 Å². The van der Waals surface area contributed by atoms with E-state index in [0.717, 1.165) is 28.1 Å². The SMILES string of the molecule is Cc1cccc(NC(=O)COC(=O)[C@@H]2COc3ccc(Cl)cc3C2)c1C. The summed E-state index contributed by atoms with van der Waals surface area (Å²) in [7, 11) is 0. The van der Waals surface area contributed by atoms with E-state index in [0.29, 0.717) is 11.4 Å². The molecule has 136 valence electrons. The van der Waals surface area contributed by atoms with Crippen molar-refractivity contribution >= 4 is 29.2 Å². The molecule has 0 fully saturated rings. The van der Waals surface area contributed by atoms with Crippen molar-refractivity contribution < 1.29 is 19.1 Å². The lowest BCUT2D eigenvalue weighted by Gasteiger charge is -2.24. The minimum Gasteiger partial charge on any atom is -0.492 e. The first-order valence-corrected chi connectivity index (χ1v) is 8.76. The summed E-state index contributed by atoms with van der Waals surface area (Å²) >= 11 is 5.98. The van der Waals surface area contributed by atoms with E-state index in [-0.39, 0.29) is 19.1 Å². The zero-order valence-corrected chi connectivity index (χ0v) is 15.4. The van der Waals surface area contributed by atoms with Crippen LogP contribution in [-0.2, 0) is 20.7 Å². The molecule has 0 aliphatic carbocycles. The van der Waals surface area contributed by atoms with Gasteiger partial charge >= 0.3 is 5.97 Å². The van der Waals surface area contributed by atoms with Gasteiger partial charge in [0.25, 0.3) is 5.91 Å². The van der Waals surface area contributed by atoms with Crippen molar-refractivity contribution in [2.75, 3.05) is 18.5 Å². The van der Waals surface area contributed by atoms with Gasteiger partial charge in [-0.2, -0.15) is 0 Å². The molecule has 0 unspecified atom stereocenters. The summed E-state index contributed by atoms with van der Waals surface area (Å²) in [5, 5.41) is 3.36. The third kappa shape index (κ3) is 4.17. The Morgan fingerprint density at radius 3 is 2.88 bits per heavy atom. The van der Waals surface area contributed by atoms with Gasteiger partial charge in [-0.1, -0.05) is 23.7 Å². The second-order valence-corrected chi connectivity index (χ2v) is 6.80. The zero-order valence-electron chi connectivity index (χ0n) is 14.7. The number of nitrogens with one attached hydrogen (secondary N) is 1. The maximum Gasteiger partial charge on any atom is 0.313 e. The summed E-state index contributed by atoms with van der Waals surface area (Å²) in [5.74, 6) is -0.542. The molecule has 1 heterocycles. The van der Waals surface area contributed by atoms with Crippen molar-refractivity contribution in [1.82, 2.24) is 0 Å². The van der Waals surface area contributed by atoms with Gasteiger partial charge in [-0.05, 0) is 61.2 Å². The molecule has 5 nitrogen and oxygen atoms in total. The average molecular weight is 374 g/mol. The minimum absolute atomic E-state index is 0.228. The van der Waals surface area contributed by atoms with Gasteiger partial charge in [-0.15, -0.1) is 0 Å². The lowest BCUT2D eigenvalue weighted by Crippen LogP contribution is -2.32. The molecule has 26 heavy (non-hydrogen) atoms. The van der Waals surface area contributed by atoms with Gasteiger partial charge in [0.2, 0.25) is 0 Å². The van der Waals surface area contributed by atoms with Crippen molar-refractivity contribution in [2.45, 2.75) is 20.3 Å². The van der Waals surface area contributed by atoms with Crippen LogP contribution in [0.2, 0.25) is 5.02 Å². The van der Waals surface area contributed by atoms with Gasteiger partial charge in [-0.25, -0.2) is 0 Å². The first-order valence-electron chi connectivity index (χ1n) is 8.38. The third-order valence-corrected chi connectivity index (χ3v) is 4.72. The summed E-state index contributed by atoms with van der Waals surface area (Å²) in [6.45, 7) is 3.80. The molecule has 1 amide bonds. The van der Waals surface area contributed by atoms with Gasteiger partial charge in [0, 0.05) is 10.7 Å². The van der Waals surface area contributed by atoms with Gasteiger partial charge in [0.15, 0.2) is 6.61 Å². The predicted molar refractivity (Wildman–Crippen MR) is 99.6 cm³/mol. The number of hydrogen-bond donors (Lipinski definition) is 1. The van der Waals surface area contributed by atoms with Gasteiger partial charge in [-0.3, -0.25) is 9.59 Å². The van der Waals surface area contributed by atoms with E-state index in [9.17, 15) is 9.59 Å². The number of carbonyl (C=O) groups excluding carboxylic acids is 2. The van der Waals surface area contributed by atoms with E-state index < -0.39 is 11.9 Å². The standard InChI is InChI=1S/C20H20ClNO4/c1-12-4-3-5-17(13(12)2)22-19(23)11-26-20(24)15-8-14-9-16(21)6-7-18(14)25-10-15/h3-7,9,15H,8,10-11H2,1-2H3,(H,22,23)/t15-/m0/s1. The Kier molecular flexibility index (Phi) is 5.47. The molecular formula is C20H20ClNO4. The highest BCUT2D eigenvalue weighted by atomic mass is 35.5. The molecule has 0 bridgehead atoms. The van der Waals surface area contributed by atoms with Crippen LogP contribution in [0.1, 0.15) is 16.7 Å². The van der Waals surface area contributed by atoms with Gasteiger partial charge < -0.3 is 14.8 Å². The lowest BCUT2D eigenvalue weighted by atomic mass is 9.97. The summed E-state index contributed by atoms with van der Waals surface area (Å²) in [5.41, 5.74) is 3.65. The van der Waals surface area contributed by atoms with E-state index in [1.807, 2.05) is 32.0 Å². The van der Waals surface area contributed by atoms with Crippen LogP contribution >= 0.6 is 11.6 Å². The smallest absolute Gasteiger partial charge is 0.313 e. The summed E-state index contributed by atoms with van der Waals surface area (Å²) < 4.78 is 10.8. The molecule has 2 aromatic rings. The molecular weight excluding hydrogens is 354 g/mol. The van der Waals surface area contributed by atoms with Crippen LogP contribution in [-0.4, -0.2) is 25.1 Å². The Hall–Kier alpha value is -2.53. The summed E-state index contributed by atoms with van der Waals surface area (Å²) in [6, 6.07) is 11.0. The number of amides is 1. The molecule has 0 saturated heterocycles. The maximum absolute atomic E-state index is 12.3. The lowest BCUT2D eigenvalue weighted by molar-refractivity contribution is -0.152. The fourth-order valence-electron chi connectivity index (χ4n) is 2.84. The molecule has 0 spiro atoms. The topological polar surface area (TPSA) is 64.6 Å². The third-order valence-electron chi connectivity index (χ3n) is 4.49. The van der Waals surface area contributed by atoms with Crippen LogP contribution < -0.4 is 10.1 Å². The highest BCUT2D eigenvalue weighted by Gasteiger charge is 2.28. The zero-order chi connectivity index (χ0) is 18.7. The van der Waals surface area contributed by atoms with Crippen molar-refractivity contribution in [1.29, 1.82) is 0 Å². The van der Waals surface area contributed by atoms with Crippen LogP contribution in [0.25, 0.3) is 0 Å². The average Bonchev–Trinajstić information content (AvgIpc) is 2.63. The van der Waals surface area contributed by atoms with Crippen LogP contribution in [0, 0.1) is 19.8 Å². The molecule has 6 heteroatoms. The van der Waals surface area contributed by atoms with Crippen LogP contribution in [0.5, 0.6) is 5.75 Å². The van der Waals surface area contributed by atoms with E-state index >= 15 is 0 Å².